The lowest BCUT2D eigenvalue weighted by Gasteiger charge is -2.33. The number of piperidine rings is 1. The fourth-order valence-electron chi connectivity index (χ4n) is 3.80. The number of nitrogens with zero attached hydrogens (tertiary/aromatic N) is 6. The van der Waals surface area contributed by atoms with Gasteiger partial charge in [0, 0.05) is 49.4 Å². The SMILES string of the molecule is CCc1cc(N2CCC(c3nccn3Cc3ccccn3)CC2)nc(C)n1. The Hall–Kier alpha value is -2.76. The summed E-state index contributed by atoms with van der Waals surface area (Å²) in [6.07, 6.45) is 8.94. The van der Waals surface area contributed by atoms with Crippen LogP contribution in [0.15, 0.2) is 42.9 Å². The maximum absolute atomic E-state index is 4.67. The predicted octanol–water partition coefficient (Wildman–Crippen LogP) is 3.37. The zero-order valence-corrected chi connectivity index (χ0v) is 16.0. The Morgan fingerprint density at radius 1 is 1.04 bits per heavy atom. The molecule has 0 spiro atoms. The molecule has 0 bridgehead atoms. The van der Waals surface area contributed by atoms with Gasteiger partial charge in [-0.1, -0.05) is 13.0 Å². The summed E-state index contributed by atoms with van der Waals surface area (Å²) in [6.45, 7) is 6.89. The molecular formula is C21H26N6. The van der Waals surface area contributed by atoms with Crippen LogP contribution in [0.1, 0.15) is 48.7 Å². The van der Waals surface area contributed by atoms with Gasteiger partial charge in [0.25, 0.3) is 0 Å². The zero-order valence-electron chi connectivity index (χ0n) is 16.0. The minimum atomic E-state index is 0.480. The Bertz CT molecular complexity index is 881. The zero-order chi connectivity index (χ0) is 18.6. The first-order valence-electron chi connectivity index (χ1n) is 9.73. The lowest BCUT2D eigenvalue weighted by Crippen LogP contribution is -2.34. The number of hydrogen-bond acceptors (Lipinski definition) is 5. The topological polar surface area (TPSA) is 59.7 Å². The highest BCUT2D eigenvalue weighted by molar-refractivity contribution is 5.40. The number of pyridine rings is 1. The number of hydrogen-bond donors (Lipinski definition) is 0. The molecule has 0 aromatic carbocycles. The summed E-state index contributed by atoms with van der Waals surface area (Å²) in [5.41, 5.74) is 2.18. The van der Waals surface area contributed by atoms with Crippen LogP contribution in [0.5, 0.6) is 0 Å². The molecule has 0 atom stereocenters. The predicted molar refractivity (Wildman–Crippen MR) is 106 cm³/mol. The number of imidazole rings is 1. The summed E-state index contributed by atoms with van der Waals surface area (Å²) < 4.78 is 2.24. The average Bonchev–Trinajstić information content (AvgIpc) is 3.16. The summed E-state index contributed by atoms with van der Waals surface area (Å²) in [6, 6.07) is 8.18. The fraction of sp³-hybridized carbons (Fsp3) is 0.429. The largest absolute Gasteiger partial charge is 0.356 e. The maximum Gasteiger partial charge on any atom is 0.132 e. The van der Waals surface area contributed by atoms with Crippen LogP contribution >= 0.6 is 0 Å². The molecule has 4 rings (SSSR count). The first kappa shape index (κ1) is 17.6. The third-order valence-corrected chi connectivity index (χ3v) is 5.23. The highest BCUT2D eigenvalue weighted by Gasteiger charge is 2.25. The number of anilines is 1. The quantitative estimate of drug-likeness (QED) is 0.696. The minimum absolute atomic E-state index is 0.480. The van der Waals surface area contributed by atoms with Crippen molar-refractivity contribution in [1.29, 1.82) is 0 Å². The summed E-state index contributed by atoms with van der Waals surface area (Å²) in [5.74, 6) is 3.58. The van der Waals surface area contributed by atoms with Crippen molar-refractivity contribution in [3.63, 3.8) is 0 Å². The molecule has 0 N–H and O–H groups in total. The van der Waals surface area contributed by atoms with Crippen LogP contribution < -0.4 is 4.90 Å². The standard InChI is InChI=1S/C21H26N6/c1-3-18-14-20(25-16(2)24-18)26-11-7-17(8-12-26)21-23-10-13-27(21)15-19-6-4-5-9-22-19/h4-6,9-10,13-14,17H,3,7-8,11-12,15H2,1-2H3. The van der Waals surface area contributed by atoms with E-state index in [1.165, 1.54) is 5.82 Å². The molecule has 27 heavy (non-hydrogen) atoms. The van der Waals surface area contributed by atoms with Gasteiger partial charge in [-0.05, 0) is 38.3 Å². The summed E-state index contributed by atoms with van der Waals surface area (Å²) in [7, 11) is 0. The van der Waals surface area contributed by atoms with E-state index >= 15 is 0 Å². The maximum atomic E-state index is 4.67. The van der Waals surface area contributed by atoms with Crippen LogP contribution in [0.4, 0.5) is 5.82 Å². The Balaban J connectivity index is 1.44. The van der Waals surface area contributed by atoms with Crippen molar-refractivity contribution >= 4 is 5.82 Å². The molecule has 6 nitrogen and oxygen atoms in total. The molecule has 1 saturated heterocycles. The van der Waals surface area contributed by atoms with Gasteiger partial charge in [-0.15, -0.1) is 0 Å². The lowest BCUT2D eigenvalue weighted by atomic mass is 9.95. The van der Waals surface area contributed by atoms with E-state index < -0.39 is 0 Å². The molecule has 3 aromatic heterocycles. The first-order chi connectivity index (χ1) is 13.2. The molecule has 6 heteroatoms. The number of aryl methyl sites for hydroxylation is 2. The third-order valence-electron chi connectivity index (χ3n) is 5.23. The molecule has 0 amide bonds. The second-order valence-corrected chi connectivity index (χ2v) is 7.11. The van der Waals surface area contributed by atoms with Gasteiger partial charge in [0.2, 0.25) is 0 Å². The Kier molecular flexibility index (Phi) is 5.14. The molecule has 0 aliphatic carbocycles. The van der Waals surface area contributed by atoms with E-state index in [1.807, 2.05) is 31.5 Å². The van der Waals surface area contributed by atoms with Crippen molar-refractivity contribution in [1.82, 2.24) is 24.5 Å². The Labute approximate surface area is 160 Å². The van der Waals surface area contributed by atoms with Crippen LogP contribution in [0.2, 0.25) is 0 Å². The van der Waals surface area contributed by atoms with Gasteiger partial charge in [-0.3, -0.25) is 4.98 Å². The van der Waals surface area contributed by atoms with Crippen molar-refractivity contribution in [3.05, 3.63) is 65.9 Å². The van der Waals surface area contributed by atoms with E-state index in [0.29, 0.717) is 5.92 Å². The van der Waals surface area contributed by atoms with Gasteiger partial charge in [0.05, 0.1) is 12.2 Å². The molecule has 4 heterocycles. The molecular weight excluding hydrogens is 336 g/mol. The van der Waals surface area contributed by atoms with Crippen molar-refractivity contribution < 1.29 is 0 Å². The summed E-state index contributed by atoms with van der Waals surface area (Å²) >= 11 is 0. The molecule has 0 unspecified atom stereocenters. The first-order valence-corrected chi connectivity index (χ1v) is 9.73. The normalized spacial score (nSPS) is 15.3. The van der Waals surface area contributed by atoms with E-state index in [4.69, 9.17) is 0 Å². The molecule has 0 saturated carbocycles. The molecule has 3 aromatic rings. The van der Waals surface area contributed by atoms with Crippen molar-refractivity contribution in [2.24, 2.45) is 0 Å². The van der Waals surface area contributed by atoms with Crippen molar-refractivity contribution in [2.45, 2.75) is 45.6 Å². The van der Waals surface area contributed by atoms with E-state index in [9.17, 15) is 0 Å². The average molecular weight is 362 g/mol. The second-order valence-electron chi connectivity index (χ2n) is 7.11. The molecule has 0 radical (unpaired) electrons. The molecule has 140 valence electrons. The van der Waals surface area contributed by atoms with Crippen LogP contribution in [-0.2, 0) is 13.0 Å². The molecule has 1 fully saturated rings. The number of rotatable bonds is 5. The monoisotopic (exact) mass is 362 g/mol. The second kappa shape index (κ2) is 7.86. The van der Waals surface area contributed by atoms with E-state index in [1.54, 1.807) is 0 Å². The highest BCUT2D eigenvalue weighted by Crippen LogP contribution is 2.29. The van der Waals surface area contributed by atoms with E-state index in [0.717, 1.165) is 61.9 Å². The molecule has 1 aliphatic rings. The highest BCUT2D eigenvalue weighted by atomic mass is 15.2. The van der Waals surface area contributed by atoms with Gasteiger partial charge in [0.15, 0.2) is 0 Å². The van der Waals surface area contributed by atoms with Crippen LogP contribution in [0.25, 0.3) is 0 Å². The summed E-state index contributed by atoms with van der Waals surface area (Å²) in [4.78, 5) is 20.6. The van der Waals surface area contributed by atoms with Gasteiger partial charge in [0.1, 0.15) is 17.5 Å². The van der Waals surface area contributed by atoms with E-state index in [2.05, 4.69) is 54.7 Å². The van der Waals surface area contributed by atoms with Gasteiger partial charge >= 0.3 is 0 Å². The minimum Gasteiger partial charge on any atom is -0.356 e. The van der Waals surface area contributed by atoms with E-state index in [-0.39, 0.29) is 0 Å². The van der Waals surface area contributed by atoms with Gasteiger partial charge < -0.3 is 9.47 Å². The van der Waals surface area contributed by atoms with Crippen molar-refractivity contribution in [2.75, 3.05) is 18.0 Å². The summed E-state index contributed by atoms with van der Waals surface area (Å²) in [5, 5.41) is 0. The number of aromatic nitrogens is 5. The van der Waals surface area contributed by atoms with Crippen LogP contribution in [0.3, 0.4) is 0 Å². The Morgan fingerprint density at radius 2 is 1.89 bits per heavy atom. The van der Waals surface area contributed by atoms with Crippen molar-refractivity contribution in [3.8, 4) is 0 Å². The van der Waals surface area contributed by atoms with Crippen LogP contribution in [0, 0.1) is 6.92 Å². The van der Waals surface area contributed by atoms with Gasteiger partial charge in [-0.25, -0.2) is 15.0 Å². The molecule has 1 aliphatic heterocycles. The van der Waals surface area contributed by atoms with Crippen LogP contribution in [-0.4, -0.2) is 37.6 Å². The van der Waals surface area contributed by atoms with Gasteiger partial charge in [-0.2, -0.15) is 0 Å². The lowest BCUT2D eigenvalue weighted by molar-refractivity contribution is 0.467. The smallest absolute Gasteiger partial charge is 0.132 e. The fourth-order valence-corrected chi connectivity index (χ4v) is 3.80. The third kappa shape index (κ3) is 3.99. The Morgan fingerprint density at radius 3 is 2.63 bits per heavy atom.